The minimum Gasteiger partial charge on any atom is -0.493 e. The van der Waals surface area contributed by atoms with E-state index in [1.54, 1.807) is 36.1 Å². The fourth-order valence-electron chi connectivity index (χ4n) is 3.91. The molecule has 9 nitrogen and oxygen atoms in total. The van der Waals surface area contributed by atoms with Crippen molar-refractivity contribution in [3.63, 3.8) is 0 Å². The summed E-state index contributed by atoms with van der Waals surface area (Å²) in [5, 5.41) is 15.7. The predicted molar refractivity (Wildman–Crippen MR) is 131 cm³/mol. The molecule has 0 radical (unpaired) electrons. The van der Waals surface area contributed by atoms with E-state index in [1.807, 2.05) is 0 Å². The van der Waals surface area contributed by atoms with Gasteiger partial charge in [0.25, 0.3) is 0 Å². The lowest BCUT2D eigenvalue weighted by molar-refractivity contribution is -0.125. The van der Waals surface area contributed by atoms with Crippen molar-refractivity contribution in [2.45, 2.75) is 31.6 Å². The van der Waals surface area contributed by atoms with Crippen LogP contribution in [0.3, 0.4) is 0 Å². The summed E-state index contributed by atoms with van der Waals surface area (Å²) >= 11 is 5.91. The van der Waals surface area contributed by atoms with E-state index in [0.29, 0.717) is 41.2 Å². The largest absolute Gasteiger partial charge is 0.493 e. The number of likely N-dealkylation sites (tertiary alicyclic amines) is 1. The molecule has 3 atom stereocenters. The third kappa shape index (κ3) is 5.55. The molecule has 0 aliphatic carbocycles. The standard InChI is InChI=1S/C24H27ClFN5O4/c1-13(32)10-27-24(33)19-7-14(11-31(19)2)35-21-8-15-18(9-20(21)34-3)28-12-29-23(15)30-17-6-4-5-16(25)22(17)26/h4-6,8-9,12-14,19,32H,7,10-11H2,1-3H3,(H,27,33)(H,28,29,30)/t13-,14-,19-/m0/s1/i2D. The molecule has 1 aliphatic heterocycles. The van der Waals surface area contributed by atoms with Gasteiger partial charge in [-0.05, 0) is 32.1 Å². The van der Waals surface area contributed by atoms with E-state index in [2.05, 4.69) is 20.6 Å². The minimum atomic E-state index is -0.667. The monoisotopic (exact) mass is 504 g/mol. The first-order valence-corrected chi connectivity index (χ1v) is 11.4. The highest BCUT2D eigenvalue weighted by molar-refractivity contribution is 6.31. The Balaban J connectivity index is 1.60. The van der Waals surface area contributed by atoms with Crippen molar-refractivity contribution in [1.29, 1.82) is 0 Å². The summed E-state index contributed by atoms with van der Waals surface area (Å²) in [4.78, 5) is 22.8. The zero-order chi connectivity index (χ0) is 25.8. The summed E-state index contributed by atoms with van der Waals surface area (Å²) < 4.78 is 34.0. The maximum Gasteiger partial charge on any atom is 0.237 e. The van der Waals surface area contributed by atoms with Gasteiger partial charge in [-0.1, -0.05) is 17.7 Å². The molecule has 0 bridgehead atoms. The van der Waals surface area contributed by atoms with Crippen LogP contribution in [-0.2, 0) is 4.79 Å². The van der Waals surface area contributed by atoms with Gasteiger partial charge >= 0.3 is 0 Å². The van der Waals surface area contributed by atoms with Gasteiger partial charge in [0, 0.05) is 32.3 Å². The van der Waals surface area contributed by atoms with Crippen LogP contribution in [-0.4, -0.2) is 71.4 Å². The molecule has 1 fully saturated rings. The molecule has 1 aromatic heterocycles. The van der Waals surface area contributed by atoms with Gasteiger partial charge in [0.15, 0.2) is 17.3 Å². The van der Waals surface area contributed by atoms with Gasteiger partial charge in [-0.3, -0.25) is 9.69 Å². The number of aromatic nitrogens is 2. The van der Waals surface area contributed by atoms with Crippen LogP contribution < -0.4 is 20.1 Å². The Hall–Kier alpha value is -3.21. The second-order valence-corrected chi connectivity index (χ2v) is 8.73. The van der Waals surface area contributed by atoms with Crippen LogP contribution in [0.5, 0.6) is 11.5 Å². The molecule has 2 aromatic carbocycles. The summed E-state index contributed by atoms with van der Waals surface area (Å²) in [7, 11) is 1.43. The third-order valence-corrected chi connectivity index (χ3v) is 5.95. The Morgan fingerprint density at radius 1 is 1.40 bits per heavy atom. The van der Waals surface area contributed by atoms with Gasteiger partial charge in [0.1, 0.15) is 18.2 Å². The predicted octanol–water partition coefficient (Wildman–Crippen LogP) is 3.12. The number of rotatable bonds is 8. The Morgan fingerprint density at radius 3 is 2.97 bits per heavy atom. The molecule has 4 rings (SSSR count). The number of hydrogen-bond donors (Lipinski definition) is 3. The molecule has 35 heavy (non-hydrogen) atoms. The Morgan fingerprint density at radius 2 is 2.23 bits per heavy atom. The number of fused-ring (bicyclic) bond motifs is 1. The Labute approximate surface area is 208 Å². The van der Waals surface area contributed by atoms with E-state index in [1.165, 1.54) is 19.5 Å². The highest BCUT2D eigenvalue weighted by Crippen LogP contribution is 2.37. The zero-order valence-electron chi connectivity index (χ0n) is 20.3. The first-order chi connectivity index (χ1) is 17.3. The van der Waals surface area contributed by atoms with Crippen LogP contribution in [0.4, 0.5) is 15.9 Å². The number of anilines is 2. The first kappa shape index (κ1) is 23.5. The summed E-state index contributed by atoms with van der Waals surface area (Å²) in [6.45, 7) is 2.08. The fraction of sp³-hybridized carbons (Fsp3) is 0.375. The second-order valence-electron chi connectivity index (χ2n) is 8.33. The Bertz CT molecular complexity index is 1250. The number of amides is 1. The average Bonchev–Trinajstić information content (AvgIpc) is 3.28. The number of aliphatic hydroxyl groups is 1. The molecule has 1 amide bonds. The zero-order valence-corrected chi connectivity index (χ0v) is 20.1. The molecule has 0 saturated carbocycles. The molecular formula is C24H27ClFN5O4. The smallest absolute Gasteiger partial charge is 0.237 e. The molecule has 0 spiro atoms. The number of carbonyl (C=O) groups is 1. The number of likely N-dealkylation sites (N-methyl/N-ethyl adjacent to an activating group) is 1. The van der Waals surface area contributed by atoms with E-state index in [0.717, 1.165) is 0 Å². The summed E-state index contributed by atoms with van der Waals surface area (Å²) in [6.07, 6.45) is 0.650. The number of halogens is 2. The van der Waals surface area contributed by atoms with E-state index in [-0.39, 0.29) is 30.2 Å². The van der Waals surface area contributed by atoms with Gasteiger partial charge < -0.3 is 25.2 Å². The highest BCUT2D eigenvalue weighted by atomic mass is 35.5. The van der Waals surface area contributed by atoms with Gasteiger partial charge in [-0.25, -0.2) is 14.4 Å². The van der Waals surface area contributed by atoms with Crippen molar-refractivity contribution in [1.82, 2.24) is 20.2 Å². The van der Waals surface area contributed by atoms with E-state index in [9.17, 15) is 14.3 Å². The second kappa shape index (κ2) is 10.6. The van der Waals surface area contributed by atoms with Crippen molar-refractivity contribution in [3.05, 3.63) is 47.5 Å². The molecule has 3 N–H and O–H groups in total. The van der Waals surface area contributed by atoms with Crippen molar-refractivity contribution in [2.24, 2.45) is 0 Å². The lowest BCUT2D eigenvalue weighted by Crippen LogP contribution is -2.43. The van der Waals surface area contributed by atoms with E-state index in [4.69, 9.17) is 22.4 Å². The maximum atomic E-state index is 14.5. The van der Waals surface area contributed by atoms with Crippen LogP contribution in [0.15, 0.2) is 36.7 Å². The van der Waals surface area contributed by atoms with Gasteiger partial charge in [-0.15, -0.1) is 0 Å². The van der Waals surface area contributed by atoms with E-state index < -0.39 is 24.1 Å². The number of methoxy groups -OCH3 is 1. The normalized spacial score (nSPS) is 19.3. The van der Waals surface area contributed by atoms with Crippen LogP contribution in [0.2, 0.25) is 5.02 Å². The molecule has 1 aliphatic rings. The van der Waals surface area contributed by atoms with Crippen molar-refractivity contribution in [3.8, 4) is 11.5 Å². The summed E-state index contributed by atoms with van der Waals surface area (Å²) in [6, 6.07) is 7.47. The molecular weight excluding hydrogens is 477 g/mol. The summed E-state index contributed by atoms with van der Waals surface area (Å²) in [5.41, 5.74) is 0.711. The lowest BCUT2D eigenvalue weighted by Gasteiger charge is -2.18. The number of benzene rings is 2. The number of nitrogens with zero attached hydrogens (tertiary/aromatic N) is 3. The van der Waals surface area contributed by atoms with Crippen LogP contribution >= 0.6 is 11.6 Å². The fourth-order valence-corrected chi connectivity index (χ4v) is 4.08. The third-order valence-electron chi connectivity index (χ3n) is 5.66. The number of nitrogens with one attached hydrogen (secondary N) is 2. The minimum absolute atomic E-state index is 0.0173. The highest BCUT2D eigenvalue weighted by Gasteiger charge is 2.36. The van der Waals surface area contributed by atoms with Crippen LogP contribution in [0.1, 0.15) is 14.7 Å². The molecule has 0 unspecified atom stereocenters. The van der Waals surface area contributed by atoms with Crippen molar-refractivity contribution < 1.29 is 25.1 Å². The van der Waals surface area contributed by atoms with Crippen molar-refractivity contribution >= 4 is 39.9 Å². The SMILES string of the molecule is [2H]CN1C[C@@H](Oc2cc3c(Nc4cccc(Cl)c4F)ncnc3cc2OC)C[C@H]1C(=O)NC[C@H](C)O. The average molecular weight is 505 g/mol. The maximum absolute atomic E-state index is 14.5. The van der Waals surface area contributed by atoms with Gasteiger partial charge in [-0.2, -0.15) is 0 Å². The molecule has 186 valence electrons. The summed E-state index contributed by atoms with van der Waals surface area (Å²) in [5.74, 6) is 0.318. The number of ether oxygens (including phenoxy) is 2. The van der Waals surface area contributed by atoms with Crippen molar-refractivity contribution in [2.75, 3.05) is 32.5 Å². The van der Waals surface area contributed by atoms with Crippen LogP contribution in [0.25, 0.3) is 10.9 Å². The molecule has 3 aromatic rings. The molecule has 1 saturated heterocycles. The number of hydrogen-bond acceptors (Lipinski definition) is 8. The molecule has 11 heteroatoms. The van der Waals surface area contributed by atoms with E-state index >= 15 is 0 Å². The van der Waals surface area contributed by atoms with Gasteiger partial charge in [0.05, 0.1) is 35.5 Å². The van der Waals surface area contributed by atoms with Crippen LogP contribution in [0, 0.1) is 5.82 Å². The number of carbonyl (C=O) groups excluding carboxylic acids is 1. The number of aliphatic hydroxyl groups excluding tert-OH is 1. The van der Waals surface area contributed by atoms with Gasteiger partial charge in [0.2, 0.25) is 5.91 Å². The molecule has 2 heterocycles. The quantitative estimate of drug-likeness (QED) is 0.429. The first-order valence-electron chi connectivity index (χ1n) is 11.7. The lowest BCUT2D eigenvalue weighted by atomic mass is 10.1. The Kier molecular flexibility index (Phi) is 7.12. The topological polar surface area (TPSA) is 109 Å².